The fourth-order valence-corrected chi connectivity index (χ4v) is 1.92. The van der Waals surface area contributed by atoms with E-state index < -0.39 is 6.10 Å². The minimum Gasteiger partial charge on any atom is -0.493 e. The molecule has 1 atom stereocenters. The number of ether oxygens (including phenoxy) is 1. The standard InChI is InChI=1S/C15H20N2O2/c1-3-9-19-14-8-6-5-7-13(14)15(18)12-10-16-17(4-2)11-12/h5-8,10-11,15,18H,3-4,9H2,1-2H3. The van der Waals surface area contributed by atoms with Gasteiger partial charge < -0.3 is 9.84 Å². The van der Waals surface area contributed by atoms with Gasteiger partial charge in [0.25, 0.3) is 0 Å². The van der Waals surface area contributed by atoms with Gasteiger partial charge in [0.15, 0.2) is 0 Å². The fraction of sp³-hybridized carbons (Fsp3) is 0.400. The highest BCUT2D eigenvalue weighted by molar-refractivity contribution is 5.39. The van der Waals surface area contributed by atoms with E-state index in [1.54, 1.807) is 10.9 Å². The highest BCUT2D eigenvalue weighted by Crippen LogP contribution is 2.29. The number of benzene rings is 1. The van der Waals surface area contributed by atoms with Crippen molar-refractivity contribution in [3.8, 4) is 5.75 Å². The SMILES string of the molecule is CCCOc1ccccc1C(O)c1cnn(CC)c1. The maximum atomic E-state index is 10.4. The Morgan fingerprint density at radius 1 is 1.32 bits per heavy atom. The molecular formula is C15H20N2O2. The van der Waals surface area contributed by atoms with Gasteiger partial charge in [0.2, 0.25) is 0 Å². The highest BCUT2D eigenvalue weighted by atomic mass is 16.5. The van der Waals surface area contributed by atoms with Crippen molar-refractivity contribution in [2.45, 2.75) is 32.9 Å². The molecule has 0 fully saturated rings. The molecule has 0 aliphatic heterocycles. The van der Waals surface area contributed by atoms with Crippen LogP contribution in [0.3, 0.4) is 0 Å². The summed E-state index contributed by atoms with van der Waals surface area (Å²) >= 11 is 0. The first-order chi connectivity index (χ1) is 9.26. The molecule has 0 saturated heterocycles. The van der Waals surface area contributed by atoms with Crippen LogP contribution in [0, 0.1) is 0 Å². The van der Waals surface area contributed by atoms with Crippen LogP contribution in [-0.4, -0.2) is 21.5 Å². The van der Waals surface area contributed by atoms with E-state index in [9.17, 15) is 5.11 Å². The molecule has 0 spiro atoms. The van der Waals surface area contributed by atoms with Gasteiger partial charge in [0.05, 0.1) is 12.8 Å². The lowest BCUT2D eigenvalue weighted by atomic mass is 10.0. The van der Waals surface area contributed by atoms with Crippen LogP contribution in [0.2, 0.25) is 0 Å². The quantitative estimate of drug-likeness (QED) is 0.868. The first-order valence-electron chi connectivity index (χ1n) is 6.68. The van der Waals surface area contributed by atoms with Gasteiger partial charge in [-0.15, -0.1) is 0 Å². The van der Waals surface area contributed by atoms with Crippen LogP contribution >= 0.6 is 0 Å². The van der Waals surface area contributed by atoms with E-state index in [1.165, 1.54) is 0 Å². The summed E-state index contributed by atoms with van der Waals surface area (Å²) in [6.07, 6.45) is 3.80. The molecule has 0 amide bonds. The minimum atomic E-state index is -0.701. The number of para-hydroxylation sites is 1. The molecule has 102 valence electrons. The van der Waals surface area contributed by atoms with E-state index in [4.69, 9.17) is 4.74 Å². The Labute approximate surface area is 113 Å². The molecule has 2 rings (SSSR count). The zero-order chi connectivity index (χ0) is 13.7. The summed E-state index contributed by atoms with van der Waals surface area (Å²) in [5, 5.41) is 14.6. The zero-order valence-electron chi connectivity index (χ0n) is 11.4. The summed E-state index contributed by atoms with van der Waals surface area (Å²) in [5.74, 6) is 0.737. The number of aliphatic hydroxyl groups is 1. The number of aryl methyl sites for hydroxylation is 1. The zero-order valence-corrected chi connectivity index (χ0v) is 11.4. The number of aromatic nitrogens is 2. The maximum Gasteiger partial charge on any atom is 0.125 e. The molecule has 1 N–H and O–H groups in total. The summed E-state index contributed by atoms with van der Waals surface area (Å²) in [5.41, 5.74) is 1.57. The van der Waals surface area contributed by atoms with E-state index in [1.807, 2.05) is 37.4 Å². The normalized spacial score (nSPS) is 12.4. The van der Waals surface area contributed by atoms with E-state index in [0.717, 1.165) is 29.8 Å². The van der Waals surface area contributed by atoms with E-state index in [0.29, 0.717) is 6.61 Å². The summed E-state index contributed by atoms with van der Waals surface area (Å²) in [7, 11) is 0. The summed E-state index contributed by atoms with van der Waals surface area (Å²) < 4.78 is 7.47. The van der Waals surface area contributed by atoms with Gasteiger partial charge in [0.1, 0.15) is 11.9 Å². The molecular weight excluding hydrogens is 240 g/mol. The van der Waals surface area contributed by atoms with Crippen LogP contribution in [0.15, 0.2) is 36.7 Å². The van der Waals surface area contributed by atoms with Crippen LogP contribution < -0.4 is 4.74 Å². The lowest BCUT2D eigenvalue weighted by Crippen LogP contribution is -2.04. The number of hydrogen-bond acceptors (Lipinski definition) is 3. The average Bonchev–Trinajstić information content (AvgIpc) is 2.93. The van der Waals surface area contributed by atoms with Crippen molar-refractivity contribution < 1.29 is 9.84 Å². The van der Waals surface area contributed by atoms with E-state index in [-0.39, 0.29) is 0 Å². The van der Waals surface area contributed by atoms with Crippen molar-refractivity contribution in [1.82, 2.24) is 9.78 Å². The number of rotatable bonds is 6. The monoisotopic (exact) mass is 260 g/mol. The van der Waals surface area contributed by atoms with Crippen LogP contribution in [-0.2, 0) is 6.54 Å². The molecule has 4 nitrogen and oxygen atoms in total. The Balaban J connectivity index is 2.24. The Kier molecular flexibility index (Phi) is 4.58. The van der Waals surface area contributed by atoms with E-state index >= 15 is 0 Å². The van der Waals surface area contributed by atoms with Crippen LogP contribution in [0.25, 0.3) is 0 Å². The maximum absolute atomic E-state index is 10.4. The second kappa shape index (κ2) is 6.38. The number of aliphatic hydroxyl groups excluding tert-OH is 1. The molecule has 0 aliphatic rings. The van der Waals surface area contributed by atoms with Gasteiger partial charge in [-0.1, -0.05) is 25.1 Å². The molecule has 1 heterocycles. The lowest BCUT2D eigenvalue weighted by molar-refractivity contribution is 0.210. The fourth-order valence-electron chi connectivity index (χ4n) is 1.92. The molecule has 1 aromatic heterocycles. The highest BCUT2D eigenvalue weighted by Gasteiger charge is 2.16. The molecule has 2 aromatic rings. The lowest BCUT2D eigenvalue weighted by Gasteiger charge is -2.14. The third-order valence-electron chi connectivity index (χ3n) is 2.97. The second-order valence-electron chi connectivity index (χ2n) is 4.42. The third-order valence-corrected chi connectivity index (χ3v) is 2.97. The Morgan fingerprint density at radius 2 is 2.11 bits per heavy atom. The number of nitrogens with zero attached hydrogens (tertiary/aromatic N) is 2. The van der Waals surface area contributed by atoms with Gasteiger partial charge in [-0.05, 0) is 19.4 Å². The molecule has 0 aliphatic carbocycles. The average molecular weight is 260 g/mol. The molecule has 1 aromatic carbocycles. The first-order valence-corrected chi connectivity index (χ1v) is 6.68. The summed E-state index contributed by atoms with van der Waals surface area (Å²) in [4.78, 5) is 0. The van der Waals surface area contributed by atoms with Crippen LogP contribution in [0.1, 0.15) is 37.5 Å². The summed E-state index contributed by atoms with van der Waals surface area (Å²) in [6.45, 7) is 5.52. The van der Waals surface area contributed by atoms with Gasteiger partial charge in [-0.25, -0.2) is 0 Å². The van der Waals surface area contributed by atoms with Gasteiger partial charge in [0, 0.05) is 23.9 Å². The molecule has 1 unspecified atom stereocenters. The molecule has 0 saturated carbocycles. The van der Waals surface area contributed by atoms with Crippen molar-refractivity contribution in [2.75, 3.05) is 6.61 Å². The van der Waals surface area contributed by atoms with Gasteiger partial charge >= 0.3 is 0 Å². The van der Waals surface area contributed by atoms with Crippen LogP contribution in [0.5, 0.6) is 5.75 Å². The van der Waals surface area contributed by atoms with Gasteiger partial charge in [-0.3, -0.25) is 4.68 Å². The topological polar surface area (TPSA) is 47.3 Å². The largest absolute Gasteiger partial charge is 0.493 e. The van der Waals surface area contributed by atoms with Crippen molar-refractivity contribution in [2.24, 2.45) is 0 Å². The Bertz CT molecular complexity index is 522. The third kappa shape index (κ3) is 3.15. The molecule has 19 heavy (non-hydrogen) atoms. The summed E-state index contributed by atoms with van der Waals surface area (Å²) in [6, 6.07) is 7.59. The van der Waals surface area contributed by atoms with Crippen molar-refractivity contribution in [3.05, 3.63) is 47.8 Å². The smallest absolute Gasteiger partial charge is 0.125 e. The Morgan fingerprint density at radius 3 is 2.79 bits per heavy atom. The Hall–Kier alpha value is -1.81. The number of hydrogen-bond donors (Lipinski definition) is 1. The van der Waals surface area contributed by atoms with Crippen molar-refractivity contribution in [1.29, 1.82) is 0 Å². The minimum absolute atomic E-state index is 0.651. The molecule has 0 bridgehead atoms. The second-order valence-corrected chi connectivity index (χ2v) is 4.42. The van der Waals surface area contributed by atoms with Crippen molar-refractivity contribution >= 4 is 0 Å². The van der Waals surface area contributed by atoms with E-state index in [2.05, 4.69) is 12.0 Å². The first kappa shape index (κ1) is 13.6. The predicted molar refractivity (Wildman–Crippen MR) is 74.2 cm³/mol. The van der Waals surface area contributed by atoms with Crippen molar-refractivity contribution in [3.63, 3.8) is 0 Å². The molecule has 0 radical (unpaired) electrons. The molecule has 4 heteroatoms. The predicted octanol–water partition coefficient (Wildman–Crippen LogP) is 2.77. The van der Waals surface area contributed by atoms with Crippen LogP contribution in [0.4, 0.5) is 0 Å². The van der Waals surface area contributed by atoms with Gasteiger partial charge in [-0.2, -0.15) is 5.10 Å².